The van der Waals surface area contributed by atoms with Gasteiger partial charge in [-0.1, -0.05) is 0 Å². The topological polar surface area (TPSA) is 0 Å². The third-order valence-electron chi connectivity index (χ3n) is 5.42. The minimum absolute atomic E-state index is 0. The normalized spacial score (nSPS) is 23.5. The SMILES string of the molecule is CC1=CCC(SC(C)(C)C)([Si](C)(C)C2=[C]([Ti+2])CC=C2)C(C(C)(C)C)=C1.[Cl-].[Cl-]. The van der Waals surface area contributed by atoms with Gasteiger partial charge >= 0.3 is 174 Å². The summed E-state index contributed by atoms with van der Waals surface area (Å²) in [6.07, 6.45) is 12.2. The van der Waals surface area contributed by atoms with E-state index in [-0.39, 0.29) is 39.3 Å². The molecule has 0 amide bonds. The molecule has 1 unspecified atom stereocenters. The second kappa shape index (κ2) is 9.31. The molecule has 2 aliphatic carbocycles. The van der Waals surface area contributed by atoms with Gasteiger partial charge in [-0.3, -0.25) is 0 Å². The molecular weight excluding hydrogens is 443 g/mol. The van der Waals surface area contributed by atoms with E-state index in [2.05, 4.69) is 118 Å². The summed E-state index contributed by atoms with van der Waals surface area (Å²) in [6.45, 7) is 21.9. The van der Waals surface area contributed by atoms with E-state index in [1.165, 1.54) is 12.0 Å². The zero-order chi connectivity index (χ0) is 19.3. The molecule has 5 heteroatoms. The van der Waals surface area contributed by atoms with Crippen LogP contribution in [-0.2, 0) is 20.4 Å². The molecule has 2 aliphatic rings. The number of hydrogen-bond acceptors (Lipinski definition) is 1. The van der Waals surface area contributed by atoms with E-state index >= 15 is 0 Å². The van der Waals surface area contributed by atoms with E-state index in [1.54, 1.807) is 14.6 Å². The summed E-state index contributed by atoms with van der Waals surface area (Å²) < 4.78 is 2.06. The van der Waals surface area contributed by atoms with Crippen molar-refractivity contribution in [3.8, 4) is 0 Å². The average Bonchev–Trinajstić information content (AvgIpc) is 2.85. The molecule has 1 atom stereocenters. The van der Waals surface area contributed by atoms with Crippen LogP contribution in [0.15, 0.2) is 44.5 Å². The zero-order valence-electron chi connectivity index (χ0n) is 18.4. The maximum Gasteiger partial charge on any atom is -1.00 e. The predicted octanol–water partition coefficient (Wildman–Crippen LogP) is 1.14. The number of rotatable bonds is 3. The molecule has 151 valence electrons. The Morgan fingerprint density at radius 2 is 1.63 bits per heavy atom. The third kappa shape index (κ3) is 5.70. The Morgan fingerprint density at radius 3 is 2.04 bits per heavy atom. The first-order valence-corrected chi connectivity index (χ1v) is 14.0. The van der Waals surface area contributed by atoms with Crippen molar-refractivity contribution >= 4 is 19.8 Å². The van der Waals surface area contributed by atoms with Gasteiger partial charge in [0.1, 0.15) is 0 Å². The molecule has 0 aromatic carbocycles. The summed E-state index contributed by atoms with van der Waals surface area (Å²) in [7, 11) is -1.75. The minimum atomic E-state index is -1.75. The summed E-state index contributed by atoms with van der Waals surface area (Å²) >= 11 is 4.59. The molecule has 0 nitrogen and oxygen atoms in total. The quantitative estimate of drug-likeness (QED) is 0.549. The van der Waals surface area contributed by atoms with Crippen molar-refractivity contribution in [2.24, 2.45) is 5.41 Å². The van der Waals surface area contributed by atoms with E-state index in [1.807, 2.05) is 0 Å². The first kappa shape index (κ1) is 27.8. The van der Waals surface area contributed by atoms with Crippen molar-refractivity contribution in [1.29, 1.82) is 0 Å². The molecular formula is C22H35Cl2SSiTi. The molecule has 27 heavy (non-hydrogen) atoms. The van der Waals surface area contributed by atoms with Crippen LogP contribution >= 0.6 is 11.8 Å². The number of halogens is 2. The second-order valence-corrected chi connectivity index (χ2v) is 18.2. The number of allylic oxidation sites excluding steroid dienone is 7. The van der Waals surface area contributed by atoms with Crippen LogP contribution < -0.4 is 24.8 Å². The molecule has 0 aromatic rings. The van der Waals surface area contributed by atoms with Crippen LogP contribution in [0.1, 0.15) is 61.3 Å². The predicted molar refractivity (Wildman–Crippen MR) is 114 cm³/mol. The van der Waals surface area contributed by atoms with Gasteiger partial charge in [-0.05, 0) is 0 Å². The van der Waals surface area contributed by atoms with Gasteiger partial charge in [-0.2, -0.15) is 0 Å². The number of thioether (sulfide) groups is 1. The summed E-state index contributed by atoms with van der Waals surface area (Å²) in [5.41, 5.74) is 3.29. The first-order valence-electron chi connectivity index (χ1n) is 9.42. The van der Waals surface area contributed by atoms with E-state index in [9.17, 15) is 0 Å². The summed E-state index contributed by atoms with van der Waals surface area (Å²) in [5, 5.41) is 1.69. The Balaban J connectivity index is 0.00000338. The van der Waals surface area contributed by atoms with Crippen LogP contribution in [0.5, 0.6) is 0 Å². The molecule has 0 radical (unpaired) electrons. The van der Waals surface area contributed by atoms with E-state index in [4.69, 9.17) is 0 Å². The Hall–Kier alpha value is 0.821. The first-order chi connectivity index (χ1) is 11.2. The van der Waals surface area contributed by atoms with Gasteiger partial charge in [0, 0.05) is 0 Å². The fraction of sp³-hybridized carbons (Fsp3) is 0.636. The molecule has 0 saturated carbocycles. The van der Waals surface area contributed by atoms with Gasteiger partial charge < -0.3 is 24.8 Å². The second-order valence-electron chi connectivity index (χ2n) is 10.1. The van der Waals surface area contributed by atoms with Crippen LogP contribution in [0.4, 0.5) is 0 Å². The summed E-state index contributed by atoms with van der Waals surface area (Å²) in [4.78, 5) is 0. The number of hydrogen-bond donors (Lipinski definition) is 0. The van der Waals surface area contributed by atoms with Crippen molar-refractivity contribution in [2.75, 3.05) is 0 Å². The smallest absolute Gasteiger partial charge is 1.00 e. The third-order valence-corrected chi connectivity index (χ3v) is 14.0. The molecule has 0 aromatic heterocycles. The fourth-order valence-corrected chi connectivity index (χ4v) is 13.6. The van der Waals surface area contributed by atoms with Crippen molar-refractivity contribution in [3.63, 3.8) is 0 Å². The van der Waals surface area contributed by atoms with Crippen molar-refractivity contribution < 1.29 is 45.2 Å². The molecule has 2 rings (SSSR count). The van der Waals surface area contributed by atoms with Crippen LogP contribution in [-0.4, -0.2) is 17.2 Å². The van der Waals surface area contributed by atoms with Crippen molar-refractivity contribution in [3.05, 3.63) is 44.5 Å². The molecule has 0 heterocycles. The fourth-order valence-electron chi connectivity index (χ4n) is 4.29. The van der Waals surface area contributed by atoms with Crippen molar-refractivity contribution in [2.45, 2.75) is 83.5 Å². The van der Waals surface area contributed by atoms with Crippen LogP contribution in [0.3, 0.4) is 0 Å². The molecule has 0 aliphatic heterocycles. The molecule has 0 N–H and O–H groups in total. The monoisotopic (exact) mass is 477 g/mol. The summed E-state index contributed by atoms with van der Waals surface area (Å²) in [6, 6.07) is 0. The molecule has 0 fully saturated rings. The Labute approximate surface area is 197 Å². The van der Waals surface area contributed by atoms with Crippen LogP contribution in [0.25, 0.3) is 0 Å². The minimum Gasteiger partial charge on any atom is -1.00 e. The largest absolute Gasteiger partial charge is 1.00 e. The van der Waals surface area contributed by atoms with E-state index in [0.29, 0.717) is 0 Å². The van der Waals surface area contributed by atoms with E-state index in [0.717, 1.165) is 6.42 Å². The van der Waals surface area contributed by atoms with E-state index < -0.39 is 8.07 Å². The maximum atomic E-state index is 2.62. The van der Waals surface area contributed by atoms with Gasteiger partial charge in [-0.25, -0.2) is 0 Å². The molecule has 0 bridgehead atoms. The van der Waals surface area contributed by atoms with Crippen molar-refractivity contribution in [1.82, 2.24) is 0 Å². The molecule has 0 spiro atoms. The van der Waals surface area contributed by atoms with Gasteiger partial charge in [0.05, 0.1) is 0 Å². The van der Waals surface area contributed by atoms with Gasteiger partial charge in [0.15, 0.2) is 0 Å². The average molecular weight is 478 g/mol. The maximum absolute atomic E-state index is 2.62. The van der Waals surface area contributed by atoms with Gasteiger partial charge in [-0.15, -0.1) is 0 Å². The van der Waals surface area contributed by atoms with Crippen LogP contribution in [0, 0.1) is 5.41 Å². The molecule has 0 saturated heterocycles. The van der Waals surface area contributed by atoms with Gasteiger partial charge in [0.2, 0.25) is 0 Å². The Morgan fingerprint density at radius 1 is 1.07 bits per heavy atom. The summed E-state index contributed by atoms with van der Waals surface area (Å²) in [5.74, 6) is 0. The van der Waals surface area contributed by atoms with Gasteiger partial charge in [0.25, 0.3) is 0 Å². The Kier molecular flexibility index (Phi) is 9.60. The zero-order valence-corrected chi connectivity index (χ0v) is 23.3. The standard InChI is InChI=1S/C22H35SSi.2ClH.Ti/c1-17-14-15-22(23-21(5,6)7,19(16-17)20(2,3)4)24(8,9)18-12-10-11-13-18;;;/h10,12,14,16H,11,15H2,1-9H3;2*1H;/q;;;+2/p-2. The van der Waals surface area contributed by atoms with Crippen LogP contribution in [0.2, 0.25) is 13.1 Å². The Bertz CT molecular complexity index is 675.